The van der Waals surface area contributed by atoms with Crippen LogP contribution in [0.2, 0.25) is 0 Å². The van der Waals surface area contributed by atoms with E-state index in [-0.39, 0.29) is 11.7 Å². The Morgan fingerprint density at radius 2 is 1.76 bits per heavy atom. The number of rotatable bonds is 6. The van der Waals surface area contributed by atoms with Gasteiger partial charge in [0.05, 0.1) is 0 Å². The third kappa shape index (κ3) is 5.40. The largest absolute Gasteiger partial charge is 0.352 e. The van der Waals surface area contributed by atoms with Crippen molar-refractivity contribution in [3.05, 3.63) is 71.0 Å². The van der Waals surface area contributed by atoms with Crippen molar-refractivity contribution in [3.8, 4) is 0 Å². The van der Waals surface area contributed by atoms with Crippen molar-refractivity contribution in [1.82, 2.24) is 10.2 Å². The minimum absolute atomic E-state index is 0.0825. The highest BCUT2D eigenvalue weighted by atomic mass is 19.1. The summed E-state index contributed by atoms with van der Waals surface area (Å²) >= 11 is 0. The molecule has 0 aliphatic carbocycles. The van der Waals surface area contributed by atoms with Crippen LogP contribution in [-0.4, -0.2) is 30.4 Å². The molecule has 1 fully saturated rings. The Morgan fingerprint density at radius 3 is 2.48 bits per heavy atom. The molecule has 1 aliphatic heterocycles. The van der Waals surface area contributed by atoms with Crippen molar-refractivity contribution in [1.29, 1.82) is 0 Å². The van der Waals surface area contributed by atoms with Crippen molar-refractivity contribution in [2.24, 2.45) is 0 Å². The first-order valence-electron chi connectivity index (χ1n) is 9.05. The summed E-state index contributed by atoms with van der Waals surface area (Å²) in [7, 11) is 0. The highest BCUT2D eigenvalue weighted by Crippen LogP contribution is 2.13. The zero-order valence-corrected chi connectivity index (χ0v) is 14.5. The summed E-state index contributed by atoms with van der Waals surface area (Å²) in [6, 6.07) is 14.3. The second kappa shape index (κ2) is 8.77. The molecule has 0 radical (unpaired) electrons. The van der Waals surface area contributed by atoms with Crippen LogP contribution in [0.25, 0.3) is 0 Å². The van der Waals surface area contributed by atoms with E-state index in [1.807, 2.05) is 30.3 Å². The molecule has 1 amide bonds. The SMILES string of the molecule is O=C(NCCc1cccc(F)c1)c1ccc(CN2CCCCC2)cc1. The second-order valence-electron chi connectivity index (χ2n) is 6.67. The molecule has 4 heteroatoms. The Labute approximate surface area is 148 Å². The quantitative estimate of drug-likeness (QED) is 0.868. The van der Waals surface area contributed by atoms with Gasteiger partial charge in [-0.05, 0) is 67.7 Å². The van der Waals surface area contributed by atoms with E-state index in [4.69, 9.17) is 0 Å². The molecule has 25 heavy (non-hydrogen) atoms. The Morgan fingerprint density at radius 1 is 1.00 bits per heavy atom. The molecule has 0 aromatic heterocycles. The number of amides is 1. The van der Waals surface area contributed by atoms with Crippen molar-refractivity contribution in [2.45, 2.75) is 32.2 Å². The zero-order valence-electron chi connectivity index (χ0n) is 14.5. The highest BCUT2D eigenvalue weighted by Gasteiger charge is 2.11. The molecule has 0 unspecified atom stereocenters. The van der Waals surface area contributed by atoms with E-state index < -0.39 is 0 Å². The number of likely N-dealkylation sites (tertiary alicyclic amines) is 1. The van der Waals surface area contributed by atoms with Gasteiger partial charge in [0.15, 0.2) is 0 Å². The molecule has 3 nitrogen and oxygen atoms in total. The van der Waals surface area contributed by atoms with Crippen molar-refractivity contribution in [3.63, 3.8) is 0 Å². The van der Waals surface area contributed by atoms with Crippen LogP contribution in [0.4, 0.5) is 4.39 Å². The highest BCUT2D eigenvalue weighted by molar-refractivity contribution is 5.94. The van der Waals surface area contributed by atoms with Gasteiger partial charge in [-0.25, -0.2) is 4.39 Å². The molecular formula is C21H25FN2O. The van der Waals surface area contributed by atoms with Gasteiger partial charge in [-0.1, -0.05) is 30.7 Å². The van der Waals surface area contributed by atoms with Crippen LogP contribution in [0, 0.1) is 5.82 Å². The fourth-order valence-electron chi connectivity index (χ4n) is 3.25. The summed E-state index contributed by atoms with van der Waals surface area (Å²) in [6.07, 6.45) is 4.53. The van der Waals surface area contributed by atoms with E-state index in [0.29, 0.717) is 18.5 Å². The third-order valence-electron chi connectivity index (χ3n) is 4.66. The monoisotopic (exact) mass is 340 g/mol. The molecule has 0 bridgehead atoms. The fraction of sp³-hybridized carbons (Fsp3) is 0.381. The molecule has 1 N–H and O–H groups in total. The molecule has 0 spiro atoms. The topological polar surface area (TPSA) is 32.3 Å². The number of carbonyl (C=O) groups is 1. The minimum atomic E-state index is -0.242. The molecule has 3 rings (SSSR count). The lowest BCUT2D eigenvalue weighted by molar-refractivity contribution is 0.0954. The van der Waals surface area contributed by atoms with Crippen LogP contribution >= 0.6 is 0 Å². The van der Waals surface area contributed by atoms with Gasteiger partial charge in [0.25, 0.3) is 5.91 Å². The van der Waals surface area contributed by atoms with Crippen molar-refractivity contribution < 1.29 is 9.18 Å². The van der Waals surface area contributed by atoms with Crippen LogP contribution in [-0.2, 0) is 13.0 Å². The molecular weight excluding hydrogens is 315 g/mol. The summed E-state index contributed by atoms with van der Waals surface area (Å²) in [4.78, 5) is 14.7. The third-order valence-corrected chi connectivity index (χ3v) is 4.66. The summed E-state index contributed by atoms with van der Waals surface area (Å²) < 4.78 is 13.1. The number of hydrogen-bond acceptors (Lipinski definition) is 2. The van der Waals surface area contributed by atoms with E-state index in [1.54, 1.807) is 6.07 Å². The predicted octanol–water partition coefficient (Wildman–Crippen LogP) is 3.78. The maximum absolute atomic E-state index is 13.1. The van der Waals surface area contributed by atoms with Gasteiger partial charge in [0.1, 0.15) is 5.82 Å². The molecule has 1 heterocycles. The van der Waals surface area contributed by atoms with Gasteiger partial charge in [-0.15, -0.1) is 0 Å². The van der Waals surface area contributed by atoms with E-state index in [9.17, 15) is 9.18 Å². The first-order chi connectivity index (χ1) is 12.2. The average Bonchev–Trinajstić information content (AvgIpc) is 2.63. The molecule has 1 saturated heterocycles. The van der Waals surface area contributed by atoms with Gasteiger partial charge in [0, 0.05) is 18.7 Å². The lowest BCUT2D eigenvalue weighted by Gasteiger charge is -2.26. The molecule has 1 aliphatic rings. The van der Waals surface area contributed by atoms with E-state index >= 15 is 0 Å². The van der Waals surface area contributed by atoms with E-state index in [0.717, 1.165) is 12.1 Å². The number of hydrogen-bond donors (Lipinski definition) is 1. The molecule has 2 aromatic carbocycles. The zero-order chi connectivity index (χ0) is 17.5. The van der Waals surface area contributed by atoms with Gasteiger partial charge >= 0.3 is 0 Å². The average molecular weight is 340 g/mol. The lowest BCUT2D eigenvalue weighted by Crippen LogP contribution is -2.29. The van der Waals surface area contributed by atoms with Crippen molar-refractivity contribution >= 4 is 5.91 Å². The summed E-state index contributed by atoms with van der Waals surface area (Å²) in [5.41, 5.74) is 2.80. The number of carbonyl (C=O) groups excluding carboxylic acids is 1. The molecule has 0 atom stereocenters. The number of nitrogens with one attached hydrogen (secondary N) is 1. The first-order valence-corrected chi connectivity index (χ1v) is 9.05. The normalized spacial score (nSPS) is 15.1. The predicted molar refractivity (Wildman–Crippen MR) is 98.0 cm³/mol. The molecule has 2 aromatic rings. The molecule has 0 saturated carbocycles. The van der Waals surface area contributed by atoms with Gasteiger partial charge in [0.2, 0.25) is 0 Å². The van der Waals surface area contributed by atoms with Gasteiger partial charge in [-0.3, -0.25) is 9.69 Å². The Balaban J connectivity index is 1.47. The number of halogens is 1. The first kappa shape index (κ1) is 17.6. The van der Waals surface area contributed by atoms with Crippen LogP contribution in [0.15, 0.2) is 48.5 Å². The van der Waals surface area contributed by atoms with Crippen LogP contribution in [0.3, 0.4) is 0 Å². The number of benzene rings is 2. The fourth-order valence-corrected chi connectivity index (χ4v) is 3.25. The van der Waals surface area contributed by atoms with E-state index in [2.05, 4.69) is 10.2 Å². The summed E-state index contributed by atoms with van der Waals surface area (Å²) in [5.74, 6) is -0.325. The maximum atomic E-state index is 13.1. The maximum Gasteiger partial charge on any atom is 0.251 e. The van der Waals surface area contributed by atoms with Gasteiger partial charge < -0.3 is 5.32 Å². The smallest absolute Gasteiger partial charge is 0.251 e. The Bertz CT molecular complexity index is 693. The van der Waals surface area contributed by atoms with Crippen molar-refractivity contribution in [2.75, 3.05) is 19.6 Å². The standard InChI is InChI=1S/C21H25FN2O/c22-20-6-4-5-17(15-20)11-12-23-21(25)19-9-7-18(8-10-19)16-24-13-2-1-3-14-24/h4-10,15H,1-3,11-14,16H2,(H,23,25). The Hall–Kier alpha value is -2.20. The summed E-state index contributed by atoms with van der Waals surface area (Å²) in [6.45, 7) is 3.80. The Kier molecular flexibility index (Phi) is 6.18. The number of piperidine rings is 1. The van der Waals surface area contributed by atoms with Crippen LogP contribution in [0.5, 0.6) is 0 Å². The van der Waals surface area contributed by atoms with Gasteiger partial charge in [-0.2, -0.15) is 0 Å². The number of nitrogens with zero attached hydrogens (tertiary/aromatic N) is 1. The molecule has 132 valence electrons. The van der Waals surface area contributed by atoms with E-state index in [1.165, 1.54) is 50.0 Å². The minimum Gasteiger partial charge on any atom is -0.352 e. The van der Waals surface area contributed by atoms with Crippen LogP contribution < -0.4 is 5.32 Å². The second-order valence-corrected chi connectivity index (χ2v) is 6.67. The van der Waals surface area contributed by atoms with Crippen LogP contribution in [0.1, 0.15) is 40.7 Å². The lowest BCUT2D eigenvalue weighted by atomic mass is 10.1. The summed E-state index contributed by atoms with van der Waals surface area (Å²) in [5, 5.41) is 2.90.